The van der Waals surface area contributed by atoms with Gasteiger partial charge in [0.1, 0.15) is 5.82 Å². The van der Waals surface area contributed by atoms with Gasteiger partial charge in [-0.3, -0.25) is 10.1 Å². The zero-order chi connectivity index (χ0) is 23.2. The van der Waals surface area contributed by atoms with E-state index in [0.717, 1.165) is 27.9 Å². The van der Waals surface area contributed by atoms with Crippen molar-refractivity contribution in [2.45, 2.75) is 18.5 Å². The number of hydrogen-bond donors (Lipinski definition) is 1. The molecule has 170 valence electrons. The molecule has 3 aromatic carbocycles. The number of para-hydroxylation sites is 1. The van der Waals surface area contributed by atoms with E-state index in [1.165, 1.54) is 12.1 Å². The summed E-state index contributed by atoms with van der Waals surface area (Å²) in [7, 11) is 4.71. The minimum absolute atomic E-state index is 0.112. The summed E-state index contributed by atoms with van der Waals surface area (Å²) in [6, 6.07) is 15.9. The summed E-state index contributed by atoms with van der Waals surface area (Å²) in [5.74, 6) is 1.07. The second-order valence-corrected chi connectivity index (χ2v) is 8.14. The number of ether oxygens (including phenoxy) is 3. The summed E-state index contributed by atoms with van der Waals surface area (Å²) in [5.41, 5.74) is 3.08. The summed E-state index contributed by atoms with van der Waals surface area (Å²) < 4.78 is 30.5. The van der Waals surface area contributed by atoms with E-state index in [-0.39, 0.29) is 11.7 Å². The molecule has 2 aliphatic rings. The fourth-order valence-electron chi connectivity index (χ4n) is 5.08. The number of carbonyl (C=O) groups excluding carboxylic acids is 1. The number of fused-ring (bicyclic) bond motifs is 4. The number of carbonyl (C=O) groups is 1. The van der Waals surface area contributed by atoms with Crippen molar-refractivity contribution in [3.63, 3.8) is 0 Å². The van der Waals surface area contributed by atoms with E-state index >= 15 is 0 Å². The molecular formula is C26H25FN2O4. The third-order valence-electron chi connectivity index (χ3n) is 6.49. The van der Waals surface area contributed by atoms with E-state index in [2.05, 4.69) is 5.32 Å². The number of hydrogen-bond acceptors (Lipinski definition) is 5. The standard InChI is InChI=1S/C26H25FN2O4/c1-31-21-14-17-12-13-28-26(22(17)24(33-3)23(21)32-2)19-6-4-5-7-20(19)29(25(26)30)15-16-8-10-18(27)11-9-16/h4-11,14,28H,12-13,15H2,1-3H3. The number of anilines is 1. The second-order valence-electron chi connectivity index (χ2n) is 8.14. The Morgan fingerprint density at radius 1 is 1.00 bits per heavy atom. The first-order valence-electron chi connectivity index (χ1n) is 10.8. The van der Waals surface area contributed by atoms with Gasteiger partial charge in [0.25, 0.3) is 5.91 Å². The average Bonchev–Trinajstić information content (AvgIpc) is 3.07. The lowest BCUT2D eigenvalue weighted by Gasteiger charge is -2.38. The van der Waals surface area contributed by atoms with Gasteiger partial charge in [-0.1, -0.05) is 30.3 Å². The molecule has 2 aliphatic heterocycles. The Morgan fingerprint density at radius 3 is 2.42 bits per heavy atom. The Bertz CT molecular complexity index is 1230. The van der Waals surface area contributed by atoms with Gasteiger partial charge in [0.15, 0.2) is 17.0 Å². The SMILES string of the molecule is COc1cc2c(c(OC)c1OC)C1(NCC2)C(=O)N(Cc2ccc(F)cc2)c2ccccc21. The minimum atomic E-state index is -1.13. The predicted molar refractivity (Wildman–Crippen MR) is 123 cm³/mol. The molecule has 0 aromatic heterocycles. The molecule has 0 bridgehead atoms. The molecule has 6 nitrogen and oxygen atoms in total. The van der Waals surface area contributed by atoms with Crippen molar-refractivity contribution in [1.82, 2.24) is 5.32 Å². The smallest absolute Gasteiger partial charge is 0.257 e. The van der Waals surface area contributed by atoms with Crippen molar-refractivity contribution in [2.75, 3.05) is 32.8 Å². The summed E-state index contributed by atoms with van der Waals surface area (Å²) in [5, 5.41) is 3.52. The molecule has 3 aromatic rings. The largest absolute Gasteiger partial charge is 0.493 e. The van der Waals surface area contributed by atoms with Crippen LogP contribution in [0.3, 0.4) is 0 Å². The molecule has 1 N–H and O–H groups in total. The number of rotatable bonds is 5. The van der Waals surface area contributed by atoms with Crippen molar-refractivity contribution >= 4 is 11.6 Å². The molecule has 0 radical (unpaired) electrons. The molecule has 2 heterocycles. The van der Waals surface area contributed by atoms with Crippen LogP contribution in [0.2, 0.25) is 0 Å². The molecule has 0 fully saturated rings. The normalized spacial score (nSPS) is 18.8. The molecule has 1 atom stereocenters. The first-order chi connectivity index (χ1) is 16.0. The van der Waals surface area contributed by atoms with Crippen LogP contribution in [0.15, 0.2) is 54.6 Å². The topological polar surface area (TPSA) is 60.0 Å². The van der Waals surface area contributed by atoms with Crippen LogP contribution in [0.4, 0.5) is 10.1 Å². The molecule has 0 saturated carbocycles. The quantitative estimate of drug-likeness (QED) is 0.644. The summed E-state index contributed by atoms with van der Waals surface area (Å²) in [6.07, 6.45) is 0.710. The lowest BCUT2D eigenvalue weighted by molar-refractivity contribution is -0.123. The highest BCUT2D eigenvalue weighted by molar-refractivity contribution is 6.11. The lowest BCUT2D eigenvalue weighted by Crippen LogP contribution is -2.55. The Balaban J connectivity index is 1.73. The van der Waals surface area contributed by atoms with E-state index in [1.807, 2.05) is 30.3 Å². The number of methoxy groups -OCH3 is 3. The van der Waals surface area contributed by atoms with Gasteiger partial charge in [0, 0.05) is 17.7 Å². The Morgan fingerprint density at radius 2 is 1.73 bits per heavy atom. The molecule has 5 rings (SSSR count). The van der Waals surface area contributed by atoms with Gasteiger partial charge in [-0.05, 0) is 41.8 Å². The Hall–Kier alpha value is -3.58. The zero-order valence-corrected chi connectivity index (χ0v) is 18.8. The van der Waals surface area contributed by atoms with Gasteiger partial charge in [-0.15, -0.1) is 0 Å². The third kappa shape index (κ3) is 3.07. The molecule has 7 heteroatoms. The highest BCUT2D eigenvalue weighted by Crippen LogP contribution is 2.54. The van der Waals surface area contributed by atoms with Gasteiger partial charge in [-0.25, -0.2) is 4.39 Å². The van der Waals surface area contributed by atoms with Crippen LogP contribution < -0.4 is 24.4 Å². The molecule has 1 amide bonds. The fourth-order valence-corrected chi connectivity index (χ4v) is 5.08. The van der Waals surface area contributed by atoms with E-state index in [0.29, 0.717) is 36.8 Å². The van der Waals surface area contributed by atoms with Crippen LogP contribution >= 0.6 is 0 Å². The molecule has 0 saturated heterocycles. The summed E-state index contributed by atoms with van der Waals surface area (Å²) in [4.78, 5) is 16.0. The van der Waals surface area contributed by atoms with Crippen molar-refractivity contribution in [1.29, 1.82) is 0 Å². The Kier molecular flexibility index (Phi) is 5.21. The van der Waals surface area contributed by atoms with E-state index < -0.39 is 5.54 Å². The van der Waals surface area contributed by atoms with Crippen LogP contribution in [-0.2, 0) is 23.3 Å². The van der Waals surface area contributed by atoms with Crippen molar-refractivity contribution in [3.05, 3.63) is 82.7 Å². The lowest BCUT2D eigenvalue weighted by atomic mass is 9.77. The van der Waals surface area contributed by atoms with E-state index in [1.54, 1.807) is 38.4 Å². The van der Waals surface area contributed by atoms with Crippen LogP contribution in [0.1, 0.15) is 22.3 Å². The highest BCUT2D eigenvalue weighted by Gasteiger charge is 2.56. The molecule has 0 aliphatic carbocycles. The summed E-state index contributed by atoms with van der Waals surface area (Å²) >= 11 is 0. The molecular weight excluding hydrogens is 423 g/mol. The molecule has 1 spiro atoms. The maximum absolute atomic E-state index is 14.3. The predicted octanol–water partition coefficient (Wildman–Crippen LogP) is 3.79. The van der Waals surface area contributed by atoms with Crippen molar-refractivity contribution in [2.24, 2.45) is 0 Å². The van der Waals surface area contributed by atoms with Crippen LogP contribution in [0, 0.1) is 5.82 Å². The van der Waals surface area contributed by atoms with Gasteiger partial charge < -0.3 is 19.1 Å². The van der Waals surface area contributed by atoms with Gasteiger partial charge in [-0.2, -0.15) is 0 Å². The van der Waals surface area contributed by atoms with E-state index in [4.69, 9.17) is 14.2 Å². The number of nitrogens with one attached hydrogen (secondary N) is 1. The third-order valence-corrected chi connectivity index (χ3v) is 6.49. The molecule has 33 heavy (non-hydrogen) atoms. The van der Waals surface area contributed by atoms with Crippen molar-refractivity contribution < 1.29 is 23.4 Å². The van der Waals surface area contributed by atoms with Crippen molar-refractivity contribution in [3.8, 4) is 17.2 Å². The van der Waals surface area contributed by atoms with Crippen LogP contribution in [0.25, 0.3) is 0 Å². The average molecular weight is 448 g/mol. The summed E-state index contributed by atoms with van der Waals surface area (Å²) in [6.45, 7) is 0.931. The van der Waals surface area contributed by atoms with Crippen LogP contribution in [-0.4, -0.2) is 33.8 Å². The first kappa shape index (κ1) is 21.3. The van der Waals surface area contributed by atoms with E-state index in [9.17, 15) is 9.18 Å². The number of benzene rings is 3. The first-order valence-corrected chi connectivity index (χ1v) is 10.8. The van der Waals surface area contributed by atoms with Gasteiger partial charge in [0.2, 0.25) is 5.75 Å². The monoisotopic (exact) mass is 448 g/mol. The second kappa shape index (κ2) is 8.08. The number of nitrogens with zero attached hydrogens (tertiary/aromatic N) is 1. The zero-order valence-electron chi connectivity index (χ0n) is 18.8. The number of amides is 1. The maximum atomic E-state index is 14.3. The molecule has 1 unspecified atom stereocenters. The maximum Gasteiger partial charge on any atom is 0.257 e. The highest BCUT2D eigenvalue weighted by atomic mass is 19.1. The van der Waals surface area contributed by atoms with Crippen LogP contribution in [0.5, 0.6) is 17.2 Å². The minimum Gasteiger partial charge on any atom is -0.493 e. The Labute approximate surface area is 191 Å². The number of halogens is 1. The van der Waals surface area contributed by atoms with Gasteiger partial charge in [0.05, 0.1) is 33.6 Å². The fraction of sp³-hybridized carbons (Fsp3) is 0.269. The van der Waals surface area contributed by atoms with Gasteiger partial charge >= 0.3 is 0 Å².